The molecule has 2 aromatic heterocycles. The number of hydrogen-bond donors (Lipinski definition) is 0. The molecular formula is C24H22ClN3O2S. The lowest BCUT2D eigenvalue weighted by Crippen LogP contribution is -2.07. The third kappa shape index (κ3) is 4.45. The Hall–Kier alpha value is -2.83. The number of carbonyl (C=O) groups is 1. The van der Waals surface area contributed by atoms with Gasteiger partial charge < -0.3 is 4.74 Å². The van der Waals surface area contributed by atoms with Gasteiger partial charge in [0.2, 0.25) is 0 Å². The van der Waals surface area contributed by atoms with Crippen molar-refractivity contribution in [3.63, 3.8) is 0 Å². The van der Waals surface area contributed by atoms with Gasteiger partial charge in [-0.1, -0.05) is 47.6 Å². The number of para-hydroxylation sites is 1. The van der Waals surface area contributed by atoms with E-state index in [-0.39, 0.29) is 11.5 Å². The lowest BCUT2D eigenvalue weighted by Gasteiger charge is -2.10. The number of thioether (sulfide) groups is 1. The maximum atomic E-state index is 12.9. The summed E-state index contributed by atoms with van der Waals surface area (Å²) in [6.45, 7) is 6.34. The molecule has 31 heavy (non-hydrogen) atoms. The minimum atomic E-state index is 0.0125. The number of ketones is 1. The molecule has 2 heterocycles. The summed E-state index contributed by atoms with van der Waals surface area (Å²) < 4.78 is 7.43. The summed E-state index contributed by atoms with van der Waals surface area (Å²) in [5.74, 6) is 0.905. The van der Waals surface area contributed by atoms with Crippen molar-refractivity contribution in [3.05, 3.63) is 76.6 Å². The van der Waals surface area contributed by atoms with E-state index in [4.69, 9.17) is 26.4 Å². The summed E-state index contributed by atoms with van der Waals surface area (Å²) in [6.07, 6.45) is 0. The molecule has 0 saturated carbocycles. The molecule has 158 valence electrons. The van der Waals surface area contributed by atoms with Crippen LogP contribution >= 0.6 is 23.4 Å². The van der Waals surface area contributed by atoms with Crippen molar-refractivity contribution in [2.45, 2.75) is 25.8 Å². The third-order valence-corrected chi connectivity index (χ3v) is 6.08. The molecule has 0 aliphatic heterocycles. The number of benzene rings is 2. The largest absolute Gasteiger partial charge is 0.493 e. The highest BCUT2D eigenvalue weighted by Crippen LogP contribution is 2.31. The second-order valence-corrected chi connectivity index (χ2v) is 8.51. The number of carbonyl (C=O) groups excluding carboxylic acids is 1. The van der Waals surface area contributed by atoms with Crippen LogP contribution in [0.2, 0.25) is 5.02 Å². The van der Waals surface area contributed by atoms with Crippen molar-refractivity contribution < 1.29 is 9.53 Å². The highest BCUT2D eigenvalue weighted by molar-refractivity contribution is 7.99. The number of hydrogen-bond acceptors (Lipinski definition) is 5. The smallest absolute Gasteiger partial charge is 0.176 e. The number of fused-ring (bicyclic) bond motifs is 1. The molecule has 0 aliphatic rings. The first-order valence-corrected chi connectivity index (χ1v) is 11.3. The molecule has 0 fully saturated rings. The van der Waals surface area contributed by atoms with Crippen molar-refractivity contribution in [2.75, 3.05) is 12.4 Å². The van der Waals surface area contributed by atoms with Crippen LogP contribution in [0.1, 0.15) is 28.7 Å². The van der Waals surface area contributed by atoms with E-state index in [0.717, 1.165) is 33.2 Å². The average molecular weight is 452 g/mol. The topological polar surface area (TPSA) is 56.5 Å². The minimum Gasteiger partial charge on any atom is -0.493 e. The molecule has 4 aromatic rings. The number of aromatic nitrogens is 3. The van der Waals surface area contributed by atoms with Crippen molar-refractivity contribution in [1.29, 1.82) is 0 Å². The molecule has 0 aliphatic carbocycles. The van der Waals surface area contributed by atoms with Gasteiger partial charge >= 0.3 is 0 Å². The highest BCUT2D eigenvalue weighted by Gasteiger charge is 2.18. The van der Waals surface area contributed by atoms with Crippen molar-refractivity contribution >= 4 is 34.8 Å². The summed E-state index contributed by atoms with van der Waals surface area (Å²) in [7, 11) is 0. The molecule has 0 bridgehead atoms. The molecule has 0 unspecified atom stereocenters. The Kier molecular flexibility index (Phi) is 6.30. The Bertz CT molecular complexity index is 1250. The third-order valence-electron chi connectivity index (χ3n) is 4.83. The molecule has 0 radical (unpaired) electrons. The first kappa shape index (κ1) is 21.4. The molecule has 4 rings (SSSR count). The number of Topliss-reactive ketones (excluding diaryl/α,β-unsaturated/α-hetero) is 1. The zero-order valence-electron chi connectivity index (χ0n) is 17.6. The predicted molar refractivity (Wildman–Crippen MR) is 126 cm³/mol. The first-order chi connectivity index (χ1) is 15.0. The Morgan fingerprint density at radius 3 is 2.61 bits per heavy atom. The Balaban J connectivity index is 1.67. The zero-order chi connectivity index (χ0) is 22.0. The van der Waals surface area contributed by atoms with E-state index >= 15 is 0 Å². The summed E-state index contributed by atoms with van der Waals surface area (Å²) in [5, 5.41) is 6.27. The van der Waals surface area contributed by atoms with Gasteiger partial charge in [0.05, 0.1) is 23.6 Å². The molecular weight excluding hydrogens is 430 g/mol. The van der Waals surface area contributed by atoms with Crippen LogP contribution in [0, 0.1) is 13.8 Å². The predicted octanol–water partition coefficient (Wildman–Crippen LogP) is 6.04. The van der Waals surface area contributed by atoms with Gasteiger partial charge in [0.1, 0.15) is 10.8 Å². The molecule has 5 nitrogen and oxygen atoms in total. The van der Waals surface area contributed by atoms with Crippen LogP contribution in [0.3, 0.4) is 0 Å². The van der Waals surface area contributed by atoms with Gasteiger partial charge in [-0.2, -0.15) is 5.10 Å². The standard InChI is InChI=1S/C24H22ClN3O2S/c1-4-30-21-8-6-5-7-19(21)20(29)14-31-22-13-15(2)26-24-23(16(3)27-28(22)24)17-9-11-18(25)12-10-17/h5-13H,4,14H2,1-3H3. The van der Waals surface area contributed by atoms with Crippen LogP contribution in [0.4, 0.5) is 0 Å². The summed E-state index contributed by atoms with van der Waals surface area (Å²) in [4.78, 5) is 17.6. The van der Waals surface area contributed by atoms with Crippen molar-refractivity contribution in [3.8, 4) is 16.9 Å². The molecule has 2 aromatic carbocycles. The van der Waals surface area contributed by atoms with E-state index in [1.807, 2.05) is 73.8 Å². The minimum absolute atomic E-state index is 0.0125. The van der Waals surface area contributed by atoms with Gasteiger partial charge in [-0.15, -0.1) is 0 Å². The van der Waals surface area contributed by atoms with Gasteiger partial charge in [-0.3, -0.25) is 4.79 Å². The normalized spacial score (nSPS) is 11.1. The molecule has 0 atom stereocenters. The first-order valence-electron chi connectivity index (χ1n) is 9.98. The molecule has 0 spiro atoms. The van der Waals surface area contributed by atoms with E-state index < -0.39 is 0 Å². The van der Waals surface area contributed by atoms with Gasteiger partial charge in [0, 0.05) is 16.3 Å². The van der Waals surface area contributed by atoms with Crippen LogP contribution in [0.15, 0.2) is 59.6 Å². The van der Waals surface area contributed by atoms with Crippen LogP contribution in [-0.4, -0.2) is 32.7 Å². The lowest BCUT2D eigenvalue weighted by atomic mass is 10.1. The van der Waals surface area contributed by atoms with E-state index in [1.165, 1.54) is 11.8 Å². The molecule has 0 amide bonds. The lowest BCUT2D eigenvalue weighted by molar-refractivity contribution is 0.101. The Morgan fingerprint density at radius 2 is 1.87 bits per heavy atom. The summed E-state index contributed by atoms with van der Waals surface area (Å²) in [6, 6.07) is 17.0. The number of aryl methyl sites for hydroxylation is 2. The molecule has 0 N–H and O–H groups in total. The van der Waals surface area contributed by atoms with Crippen LogP contribution < -0.4 is 4.74 Å². The number of rotatable bonds is 7. The maximum absolute atomic E-state index is 12.9. The van der Waals surface area contributed by atoms with Crippen molar-refractivity contribution in [1.82, 2.24) is 14.6 Å². The van der Waals surface area contributed by atoms with Crippen molar-refractivity contribution in [2.24, 2.45) is 0 Å². The quantitative estimate of drug-likeness (QED) is 0.195. The Labute approximate surface area is 190 Å². The molecule has 0 saturated heterocycles. The van der Waals surface area contributed by atoms with Crippen LogP contribution in [0.5, 0.6) is 5.75 Å². The second-order valence-electron chi connectivity index (χ2n) is 7.08. The van der Waals surface area contributed by atoms with Gasteiger partial charge in [0.25, 0.3) is 0 Å². The fourth-order valence-electron chi connectivity index (χ4n) is 3.46. The SMILES string of the molecule is CCOc1ccccc1C(=O)CSc1cc(C)nc2c(-c3ccc(Cl)cc3)c(C)nn12. The number of halogens is 1. The number of nitrogens with zero attached hydrogens (tertiary/aromatic N) is 3. The van der Waals surface area contributed by atoms with Gasteiger partial charge in [0.15, 0.2) is 11.4 Å². The van der Waals surface area contributed by atoms with Gasteiger partial charge in [-0.05, 0) is 56.7 Å². The number of ether oxygens (including phenoxy) is 1. The maximum Gasteiger partial charge on any atom is 0.176 e. The monoisotopic (exact) mass is 451 g/mol. The van der Waals surface area contributed by atoms with Gasteiger partial charge in [-0.25, -0.2) is 9.50 Å². The fourth-order valence-corrected chi connectivity index (χ4v) is 4.53. The van der Waals surface area contributed by atoms with Crippen LogP contribution in [0.25, 0.3) is 16.8 Å². The molecule has 7 heteroatoms. The van der Waals surface area contributed by atoms with E-state index in [0.29, 0.717) is 22.9 Å². The fraction of sp³-hybridized carbons (Fsp3) is 0.208. The second kappa shape index (κ2) is 9.12. The zero-order valence-corrected chi connectivity index (χ0v) is 19.1. The Morgan fingerprint density at radius 1 is 1.13 bits per heavy atom. The summed E-state index contributed by atoms with van der Waals surface area (Å²) >= 11 is 7.50. The highest BCUT2D eigenvalue weighted by atomic mass is 35.5. The van der Waals surface area contributed by atoms with E-state index in [1.54, 1.807) is 6.07 Å². The summed E-state index contributed by atoms with van der Waals surface area (Å²) in [5.41, 5.74) is 5.08. The average Bonchev–Trinajstić information content (AvgIpc) is 3.09. The van der Waals surface area contributed by atoms with E-state index in [9.17, 15) is 4.79 Å². The van der Waals surface area contributed by atoms with Crippen LogP contribution in [-0.2, 0) is 0 Å². The van der Waals surface area contributed by atoms with E-state index in [2.05, 4.69) is 0 Å².